The molecule has 0 N–H and O–H groups in total. The van der Waals surface area contributed by atoms with Crippen molar-refractivity contribution in [2.24, 2.45) is 0 Å². The highest BCUT2D eigenvalue weighted by atomic mass is 35.5. The second-order valence-corrected chi connectivity index (χ2v) is 6.16. The topological polar surface area (TPSA) is 65.6 Å². The van der Waals surface area contributed by atoms with Crippen LogP contribution in [-0.4, -0.2) is 26.5 Å². The lowest BCUT2D eigenvalue weighted by Crippen LogP contribution is -2.26. The molecule has 1 unspecified atom stereocenters. The van der Waals surface area contributed by atoms with Crippen molar-refractivity contribution in [2.75, 3.05) is 6.61 Å². The van der Waals surface area contributed by atoms with Gasteiger partial charge in [-0.15, -0.1) is 0 Å². The highest BCUT2D eigenvalue weighted by molar-refractivity contribution is 6.30. The number of aryl methyl sites for hydroxylation is 1. The van der Waals surface area contributed by atoms with Gasteiger partial charge in [-0.25, -0.2) is 9.78 Å². The third-order valence-electron chi connectivity index (χ3n) is 4.01. The van der Waals surface area contributed by atoms with Gasteiger partial charge < -0.3 is 9.30 Å². The van der Waals surface area contributed by atoms with Crippen molar-refractivity contribution in [3.05, 3.63) is 57.6 Å². The number of ether oxygens (including phenoxy) is 1. The van der Waals surface area contributed by atoms with Gasteiger partial charge in [-0.1, -0.05) is 23.7 Å². The van der Waals surface area contributed by atoms with Crippen LogP contribution in [0.5, 0.6) is 0 Å². The van der Waals surface area contributed by atoms with Crippen LogP contribution in [0.25, 0.3) is 17.0 Å². The average Bonchev–Trinajstić information content (AvgIpc) is 3.01. The Labute approximate surface area is 149 Å². The van der Waals surface area contributed by atoms with E-state index in [1.165, 1.54) is 10.5 Å². The number of esters is 1. The Morgan fingerprint density at radius 2 is 2.00 bits per heavy atom. The van der Waals surface area contributed by atoms with Crippen molar-refractivity contribution >= 4 is 23.3 Å². The van der Waals surface area contributed by atoms with E-state index in [2.05, 4.69) is 4.98 Å². The number of benzene rings is 1. The quantitative estimate of drug-likeness (QED) is 0.671. The average molecular weight is 360 g/mol. The number of carbonyl (C=O) groups is 1. The maximum atomic E-state index is 12.3. The van der Waals surface area contributed by atoms with E-state index in [4.69, 9.17) is 16.3 Å². The fourth-order valence-electron chi connectivity index (χ4n) is 2.78. The third kappa shape index (κ3) is 3.17. The summed E-state index contributed by atoms with van der Waals surface area (Å²) < 4.78 is 8.25. The number of rotatable bonds is 4. The van der Waals surface area contributed by atoms with E-state index >= 15 is 0 Å². The summed E-state index contributed by atoms with van der Waals surface area (Å²) in [7, 11) is 0. The fourth-order valence-corrected chi connectivity index (χ4v) is 2.91. The second kappa shape index (κ2) is 6.72. The molecule has 25 heavy (non-hydrogen) atoms. The van der Waals surface area contributed by atoms with E-state index in [1.807, 2.05) is 12.1 Å². The molecular weight excluding hydrogens is 342 g/mol. The number of hydrogen-bond acceptors (Lipinski definition) is 4. The maximum Gasteiger partial charge on any atom is 0.328 e. The Morgan fingerprint density at radius 3 is 2.64 bits per heavy atom. The molecule has 0 bridgehead atoms. The van der Waals surface area contributed by atoms with Crippen molar-refractivity contribution in [1.82, 2.24) is 14.0 Å². The SMILES string of the molecule is CCOC(=O)C(C)n1c(C)cc(=O)n2cc(-c3ccc(Cl)cc3)nc12. The molecule has 130 valence electrons. The Kier molecular flexibility index (Phi) is 4.63. The second-order valence-electron chi connectivity index (χ2n) is 5.73. The molecule has 0 radical (unpaired) electrons. The van der Waals surface area contributed by atoms with Gasteiger partial charge in [0.05, 0.1) is 12.3 Å². The predicted molar refractivity (Wildman–Crippen MR) is 96.0 cm³/mol. The first-order valence-electron chi connectivity index (χ1n) is 7.96. The smallest absolute Gasteiger partial charge is 0.328 e. The molecule has 0 aliphatic carbocycles. The van der Waals surface area contributed by atoms with E-state index in [1.54, 1.807) is 43.7 Å². The van der Waals surface area contributed by atoms with Gasteiger partial charge >= 0.3 is 5.97 Å². The van der Waals surface area contributed by atoms with Gasteiger partial charge in [-0.2, -0.15) is 0 Å². The largest absolute Gasteiger partial charge is 0.464 e. The molecule has 0 spiro atoms. The minimum Gasteiger partial charge on any atom is -0.464 e. The summed E-state index contributed by atoms with van der Waals surface area (Å²) in [6, 6.07) is 8.08. The monoisotopic (exact) mass is 359 g/mol. The van der Waals surface area contributed by atoms with Crippen LogP contribution in [0.2, 0.25) is 5.02 Å². The number of aromatic nitrogens is 3. The molecule has 3 rings (SSSR count). The van der Waals surface area contributed by atoms with Crippen LogP contribution in [0.15, 0.2) is 41.3 Å². The van der Waals surface area contributed by atoms with Gasteiger partial charge in [0, 0.05) is 28.5 Å². The first-order valence-corrected chi connectivity index (χ1v) is 8.34. The highest BCUT2D eigenvalue weighted by Crippen LogP contribution is 2.22. The molecule has 0 amide bonds. The zero-order valence-electron chi connectivity index (χ0n) is 14.2. The van der Waals surface area contributed by atoms with E-state index in [0.29, 0.717) is 28.8 Å². The Bertz CT molecular complexity index is 989. The van der Waals surface area contributed by atoms with Gasteiger partial charge in [0.15, 0.2) is 0 Å². The summed E-state index contributed by atoms with van der Waals surface area (Å²) in [5.74, 6) is 0.0303. The number of imidazole rings is 1. The summed E-state index contributed by atoms with van der Waals surface area (Å²) in [5.41, 5.74) is 1.91. The molecule has 3 aromatic rings. The molecule has 1 atom stereocenters. The fraction of sp³-hybridized carbons (Fsp3) is 0.278. The lowest BCUT2D eigenvalue weighted by molar-refractivity contribution is -0.146. The van der Waals surface area contributed by atoms with Crippen LogP contribution < -0.4 is 5.56 Å². The summed E-state index contributed by atoms with van der Waals surface area (Å²) in [6.45, 7) is 5.55. The lowest BCUT2D eigenvalue weighted by atomic mass is 10.2. The van der Waals surface area contributed by atoms with Gasteiger partial charge in [-0.05, 0) is 32.9 Å². The third-order valence-corrected chi connectivity index (χ3v) is 4.26. The molecule has 2 heterocycles. The first kappa shape index (κ1) is 17.2. The minimum absolute atomic E-state index is 0.201. The van der Waals surface area contributed by atoms with Crippen LogP contribution in [-0.2, 0) is 9.53 Å². The Hall–Kier alpha value is -2.60. The number of halogens is 1. The van der Waals surface area contributed by atoms with Crippen LogP contribution in [0.1, 0.15) is 25.6 Å². The van der Waals surface area contributed by atoms with Crippen LogP contribution in [0.3, 0.4) is 0 Å². The summed E-state index contributed by atoms with van der Waals surface area (Å²) in [5, 5.41) is 0.624. The number of hydrogen-bond donors (Lipinski definition) is 0. The first-order chi connectivity index (χ1) is 11.9. The molecule has 7 heteroatoms. The minimum atomic E-state index is -0.594. The lowest BCUT2D eigenvalue weighted by Gasteiger charge is -2.18. The molecule has 2 aromatic heterocycles. The molecule has 0 fully saturated rings. The van der Waals surface area contributed by atoms with Crippen molar-refractivity contribution in [3.63, 3.8) is 0 Å². The van der Waals surface area contributed by atoms with E-state index < -0.39 is 6.04 Å². The van der Waals surface area contributed by atoms with Gasteiger partial charge in [-0.3, -0.25) is 9.20 Å². The van der Waals surface area contributed by atoms with Crippen molar-refractivity contribution in [1.29, 1.82) is 0 Å². The Balaban J connectivity index is 2.19. The van der Waals surface area contributed by atoms with Crippen molar-refractivity contribution in [3.8, 4) is 11.3 Å². The van der Waals surface area contributed by atoms with E-state index in [9.17, 15) is 9.59 Å². The summed E-state index contributed by atoms with van der Waals surface area (Å²) in [6.07, 6.45) is 1.66. The molecule has 0 aliphatic heterocycles. The van der Waals surface area contributed by atoms with Crippen molar-refractivity contribution < 1.29 is 9.53 Å². The van der Waals surface area contributed by atoms with Gasteiger partial charge in [0.1, 0.15) is 6.04 Å². The number of nitrogens with zero attached hydrogens (tertiary/aromatic N) is 3. The standard InChI is InChI=1S/C18H18ClN3O3/c1-4-25-17(24)12(3)22-11(2)9-16(23)21-10-15(20-18(21)22)13-5-7-14(19)8-6-13/h5-10,12H,4H2,1-3H3. The van der Waals surface area contributed by atoms with Crippen LogP contribution in [0, 0.1) is 6.92 Å². The van der Waals surface area contributed by atoms with E-state index in [0.717, 1.165) is 5.56 Å². The zero-order valence-corrected chi connectivity index (χ0v) is 14.9. The predicted octanol–water partition coefficient (Wildman–Crippen LogP) is 3.25. The molecule has 1 aromatic carbocycles. The summed E-state index contributed by atoms with van der Waals surface area (Å²) >= 11 is 5.92. The molecule has 6 nitrogen and oxygen atoms in total. The van der Waals surface area contributed by atoms with Gasteiger partial charge in [0.25, 0.3) is 5.56 Å². The number of fused-ring (bicyclic) bond motifs is 1. The van der Waals surface area contributed by atoms with Crippen molar-refractivity contribution in [2.45, 2.75) is 26.8 Å². The number of carbonyl (C=O) groups excluding carboxylic acids is 1. The summed E-state index contributed by atoms with van der Waals surface area (Å²) in [4.78, 5) is 29.1. The zero-order chi connectivity index (χ0) is 18.1. The van der Waals surface area contributed by atoms with E-state index in [-0.39, 0.29) is 11.5 Å². The van der Waals surface area contributed by atoms with Crippen LogP contribution >= 0.6 is 11.6 Å². The molecular formula is C18H18ClN3O3. The molecule has 0 saturated carbocycles. The van der Waals surface area contributed by atoms with Gasteiger partial charge in [0.2, 0.25) is 5.78 Å². The maximum absolute atomic E-state index is 12.3. The van der Waals surface area contributed by atoms with Crippen LogP contribution in [0.4, 0.5) is 0 Å². The Morgan fingerprint density at radius 1 is 1.32 bits per heavy atom. The normalized spacial score (nSPS) is 12.3. The highest BCUT2D eigenvalue weighted by Gasteiger charge is 2.21. The molecule has 0 saturated heterocycles. The molecule has 0 aliphatic rings.